The molecule has 10 nitrogen and oxygen atoms in total. The summed E-state index contributed by atoms with van der Waals surface area (Å²) in [5.74, 6) is 2.09. The average Bonchev–Trinajstić information content (AvgIpc) is 3.14. The number of hydrogen-bond donors (Lipinski definition) is 1. The van der Waals surface area contributed by atoms with E-state index in [1.165, 1.54) is 6.26 Å². The Morgan fingerprint density at radius 1 is 1.18 bits per heavy atom. The minimum absolute atomic E-state index is 0.0259. The van der Waals surface area contributed by atoms with E-state index in [9.17, 15) is 8.42 Å². The Hall–Kier alpha value is -2.92. The van der Waals surface area contributed by atoms with Crippen LogP contribution in [0.5, 0.6) is 5.75 Å². The summed E-state index contributed by atoms with van der Waals surface area (Å²) in [6.45, 7) is 4.22. The predicted molar refractivity (Wildman–Crippen MR) is 129 cm³/mol. The Kier molecular flexibility index (Phi) is 4.79. The monoisotopic (exact) mass is 484 g/mol. The molecule has 0 spiro atoms. The lowest BCUT2D eigenvalue weighted by Crippen LogP contribution is -2.52. The molecular formula is C23H28N6O4S. The lowest BCUT2D eigenvalue weighted by molar-refractivity contribution is 0.0687. The average molecular weight is 485 g/mol. The molecule has 1 saturated heterocycles. The van der Waals surface area contributed by atoms with Crippen molar-refractivity contribution in [1.82, 2.24) is 19.5 Å². The Labute approximate surface area is 198 Å². The first-order valence-corrected chi connectivity index (χ1v) is 13.5. The van der Waals surface area contributed by atoms with Crippen LogP contribution in [0.2, 0.25) is 0 Å². The third kappa shape index (κ3) is 3.02. The van der Waals surface area contributed by atoms with Crippen molar-refractivity contribution in [2.45, 2.75) is 37.0 Å². The molecule has 0 bridgehead atoms. The molecule has 1 N–H and O–H groups in total. The molecule has 2 aromatic heterocycles. The summed E-state index contributed by atoms with van der Waals surface area (Å²) in [5.41, 5.74) is 3.20. The Morgan fingerprint density at radius 3 is 2.71 bits per heavy atom. The Morgan fingerprint density at radius 2 is 2.00 bits per heavy atom. The van der Waals surface area contributed by atoms with Gasteiger partial charge in [-0.15, -0.1) is 0 Å². The van der Waals surface area contributed by atoms with Gasteiger partial charge in [0.05, 0.1) is 30.3 Å². The fourth-order valence-electron chi connectivity index (χ4n) is 5.25. The number of nitrogens with zero attached hydrogens (tertiary/aromatic N) is 5. The van der Waals surface area contributed by atoms with Crippen LogP contribution in [0.4, 0.5) is 11.8 Å². The number of rotatable bonds is 4. The van der Waals surface area contributed by atoms with Crippen molar-refractivity contribution < 1.29 is 17.9 Å². The van der Waals surface area contributed by atoms with Crippen molar-refractivity contribution in [3.05, 3.63) is 29.5 Å². The molecule has 34 heavy (non-hydrogen) atoms. The molecule has 0 amide bonds. The highest BCUT2D eigenvalue weighted by Gasteiger charge is 2.53. The predicted octanol–water partition coefficient (Wildman–Crippen LogP) is 2.19. The van der Waals surface area contributed by atoms with Gasteiger partial charge in [0.2, 0.25) is 11.9 Å². The maximum atomic E-state index is 13.1. The summed E-state index contributed by atoms with van der Waals surface area (Å²) in [4.78, 5) is 16.8. The van der Waals surface area contributed by atoms with Crippen LogP contribution in [-0.4, -0.2) is 73.6 Å². The fraction of sp³-hybridized carbons (Fsp3) is 0.522. The maximum absolute atomic E-state index is 13.1. The van der Waals surface area contributed by atoms with Crippen molar-refractivity contribution in [2.75, 3.05) is 49.9 Å². The van der Waals surface area contributed by atoms with E-state index >= 15 is 0 Å². The number of morpholine rings is 1. The van der Waals surface area contributed by atoms with Gasteiger partial charge in [0.25, 0.3) is 0 Å². The molecule has 0 radical (unpaired) electrons. The van der Waals surface area contributed by atoms with Gasteiger partial charge >= 0.3 is 0 Å². The second kappa shape index (κ2) is 7.54. The molecule has 6 rings (SSSR count). The third-order valence-electron chi connectivity index (χ3n) is 7.29. The molecule has 1 unspecified atom stereocenters. The van der Waals surface area contributed by atoms with Gasteiger partial charge in [-0.25, -0.2) is 23.0 Å². The molecule has 1 aliphatic carbocycles. The summed E-state index contributed by atoms with van der Waals surface area (Å²) in [6.07, 6.45) is 3.17. The van der Waals surface area contributed by atoms with Crippen molar-refractivity contribution >= 4 is 32.6 Å². The Balaban J connectivity index is 1.66. The first kappa shape index (κ1) is 21.6. The molecule has 2 fully saturated rings. The molecule has 2 aliphatic heterocycles. The number of aromatic nitrogens is 4. The molecule has 3 aromatic rings. The van der Waals surface area contributed by atoms with Gasteiger partial charge < -0.3 is 19.7 Å². The van der Waals surface area contributed by atoms with Gasteiger partial charge in [0.15, 0.2) is 21.4 Å². The standard InChI is InChI=1S/C23H28N6O4S/c1-14-5-6-16-17(11-14)29(21(24-2)25-16)22-26-19(23(7-4-8-23)34(3,30)31)18-20(27-22)28-9-10-32-12-15(28)13-33-18/h5-6,11,15H,4,7-10,12-13H2,1-3H3,(H,24,25). The molecule has 11 heteroatoms. The topological polar surface area (TPSA) is 111 Å². The summed E-state index contributed by atoms with van der Waals surface area (Å²) in [7, 11) is -1.65. The van der Waals surface area contributed by atoms with E-state index in [-0.39, 0.29) is 6.04 Å². The van der Waals surface area contributed by atoms with Crippen molar-refractivity contribution in [2.24, 2.45) is 0 Å². The first-order valence-electron chi connectivity index (χ1n) is 11.6. The van der Waals surface area contributed by atoms with Gasteiger partial charge in [0.1, 0.15) is 17.0 Å². The Bertz CT molecular complexity index is 1400. The SMILES string of the molecule is CNc1nc2ccc(C)cc2n1-c1nc2c(c(C3(S(C)(=O)=O)CCC3)n1)OCC1COCCN21. The van der Waals surface area contributed by atoms with Crippen LogP contribution >= 0.6 is 0 Å². The number of fused-ring (bicyclic) bond motifs is 4. The number of imidazole rings is 1. The minimum Gasteiger partial charge on any atom is -0.486 e. The van der Waals surface area contributed by atoms with Crippen molar-refractivity contribution in [3.63, 3.8) is 0 Å². The van der Waals surface area contributed by atoms with Crippen LogP contribution in [0.15, 0.2) is 18.2 Å². The highest BCUT2D eigenvalue weighted by atomic mass is 32.2. The molecule has 3 aliphatic rings. The zero-order chi connectivity index (χ0) is 23.7. The lowest BCUT2D eigenvalue weighted by atomic mass is 9.81. The minimum atomic E-state index is -3.45. The van der Waals surface area contributed by atoms with Crippen molar-refractivity contribution in [1.29, 1.82) is 0 Å². The quantitative estimate of drug-likeness (QED) is 0.595. The van der Waals surface area contributed by atoms with E-state index in [1.807, 2.05) is 29.7 Å². The second-order valence-corrected chi connectivity index (χ2v) is 11.7. The summed E-state index contributed by atoms with van der Waals surface area (Å²) in [5, 5.41) is 3.14. The number of aryl methyl sites for hydroxylation is 1. The fourth-order valence-corrected chi connectivity index (χ4v) is 6.77. The van der Waals surface area contributed by atoms with Gasteiger partial charge in [-0.3, -0.25) is 0 Å². The highest BCUT2D eigenvalue weighted by Crippen LogP contribution is 2.52. The molecule has 1 aromatic carbocycles. The molecular weight excluding hydrogens is 456 g/mol. The first-order chi connectivity index (χ1) is 16.3. The number of benzene rings is 1. The highest BCUT2D eigenvalue weighted by molar-refractivity contribution is 7.91. The molecule has 1 saturated carbocycles. The largest absolute Gasteiger partial charge is 0.486 e. The van der Waals surface area contributed by atoms with Crippen LogP contribution in [-0.2, 0) is 19.3 Å². The normalized spacial score (nSPS) is 21.4. The summed E-state index contributed by atoms with van der Waals surface area (Å²) in [6, 6.07) is 6.04. The zero-order valence-corrected chi connectivity index (χ0v) is 20.4. The van der Waals surface area contributed by atoms with Crippen LogP contribution in [0.3, 0.4) is 0 Å². The molecule has 4 heterocycles. The number of sulfone groups is 1. The number of anilines is 2. The van der Waals surface area contributed by atoms with Crippen LogP contribution < -0.4 is 15.0 Å². The lowest BCUT2D eigenvalue weighted by Gasteiger charge is -2.44. The van der Waals surface area contributed by atoms with Crippen LogP contribution in [0.25, 0.3) is 17.0 Å². The van der Waals surface area contributed by atoms with Gasteiger partial charge in [-0.05, 0) is 43.9 Å². The van der Waals surface area contributed by atoms with E-state index in [2.05, 4.69) is 10.2 Å². The van der Waals surface area contributed by atoms with Crippen molar-refractivity contribution in [3.8, 4) is 11.7 Å². The van der Waals surface area contributed by atoms with E-state index in [1.54, 1.807) is 7.05 Å². The van der Waals surface area contributed by atoms with Gasteiger partial charge in [-0.1, -0.05) is 6.07 Å². The second-order valence-electron chi connectivity index (χ2n) is 9.39. The van der Waals surface area contributed by atoms with E-state index in [4.69, 9.17) is 24.4 Å². The summed E-state index contributed by atoms with van der Waals surface area (Å²) < 4.78 is 38.8. The zero-order valence-electron chi connectivity index (χ0n) is 19.5. The van der Waals surface area contributed by atoms with E-state index in [0.717, 1.165) is 23.0 Å². The van der Waals surface area contributed by atoms with Crippen LogP contribution in [0, 0.1) is 6.92 Å². The van der Waals surface area contributed by atoms with E-state index in [0.29, 0.717) is 68.4 Å². The number of nitrogens with one attached hydrogen (secondary N) is 1. The van der Waals surface area contributed by atoms with Gasteiger partial charge in [0, 0.05) is 19.8 Å². The summed E-state index contributed by atoms with van der Waals surface area (Å²) >= 11 is 0. The van der Waals surface area contributed by atoms with Crippen LogP contribution in [0.1, 0.15) is 30.5 Å². The van der Waals surface area contributed by atoms with E-state index < -0.39 is 14.6 Å². The maximum Gasteiger partial charge on any atom is 0.239 e. The number of hydrogen-bond acceptors (Lipinski definition) is 9. The van der Waals surface area contributed by atoms with Gasteiger partial charge in [-0.2, -0.15) is 4.98 Å². The third-order valence-corrected chi connectivity index (χ3v) is 9.31. The smallest absolute Gasteiger partial charge is 0.239 e. The number of ether oxygens (including phenoxy) is 2. The molecule has 1 atom stereocenters. The molecule has 180 valence electrons.